The first-order valence-corrected chi connectivity index (χ1v) is 9.13. The van der Waals surface area contributed by atoms with Gasteiger partial charge in [-0.15, -0.1) is 0 Å². The number of benzene rings is 1. The molecule has 2 heterocycles. The summed E-state index contributed by atoms with van der Waals surface area (Å²) < 4.78 is 13.2. The number of aromatic nitrogens is 1. The molecule has 3 rings (SSSR count). The Morgan fingerprint density at radius 3 is 2.54 bits per heavy atom. The van der Waals surface area contributed by atoms with Gasteiger partial charge in [-0.05, 0) is 35.9 Å². The van der Waals surface area contributed by atoms with Crippen molar-refractivity contribution in [2.24, 2.45) is 0 Å². The zero-order valence-electron chi connectivity index (χ0n) is 15.9. The molecular weight excluding hydrogens is 361 g/mol. The first-order chi connectivity index (χ1) is 13.4. The number of hydrogen-bond donors (Lipinski definition) is 2. The van der Waals surface area contributed by atoms with Gasteiger partial charge < -0.3 is 14.9 Å². The van der Waals surface area contributed by atoms with Crippen molar-refractivity contribution in [2.45, 2.75) is 12.5 Å². The molecule has 6 nitrogen and oxygen atoms in total. The highest BCUT2D eigenvalue weighted by atomic mass is 19.1. The second-order valence-corrected chi connectivity index (χ2v) is 7.10. The Hall–Kier alpha value is -3.06. The van der Waals surface area contributed by atoms with E-state index in [4.69, 9.17) is 0 Å². The van der Waals surface area contributed by atoms with Gasteiger partial charge in [-0.25, -0.2) is 4.39 Å². The smallest absolute Gasteiger partial charge is 0.295 e. The molecule has 0 spiro atoms. The number of carbonyl (C=O) groups is 2. The van der Waals surface area contributed by atoms with E-state index in [1.54, 1.807) is 24.5 Å². The molecule has 1 saturated heterocycles. The highest BCUT2D eigenvalue weighted by Gasteiger charge is 2.45. The van der Waals surface area contributed by atoms with E-state index in [1.807, 2.05) is 14.1 Å². The van der Waals surface area contributed by atoms with Crippen LogP contribution in [0.25, 0.3) is 5.76 Å². The number of nitrogens with one attached hydrogen (secondary N) is 1. The van der Waals surface area contributed by atoms with E-state index < -0.39 is 23.5 Å². The molecule has 1 amide bonds. The Kier molecular flexibility index (Phi) is 5.84. The Morgan fingerprint density at radius 1 is 1.21 bits per heavy atom. The monoisotopic (exact) mass is 384 g/mol. The van der Waals surface area contributed by atoms with E-state index >= 15 is 0 Å². The highest BCUT2D eigenvalue weighted by Crippen LogP contribution is 2.39. The van der Waals surface area contributed by atoms with Gasteiger partial charge in [-0.3, -0.25) is 14.6 Å². The maximum Gasteiger partial charge on any atom is 0.295 e. The van der Waals surface area contributed by atoms with Gasteiger partial charge >= 0.3 is 0 Å². The minimum atomic E-state index is -0.743. The predicted molar refractivity (Wildman–Crippen MR) is 102 cm³/mol. The number of likely N-dealkylation sites (tertiary alicyclic amines) is 1. The van der Waals surface area contributed by atoms with Gasteiger partial charge in [-0.2, -0.15) is 0 Å². The molecule has 146 valence electrons. The van der Waals surface area contributed by atoms with E-state index in [2.05, 4.69) is 4.98 Å². The number of amides is 1. The summed E-state index contributed by atoms with van der Waals surface area (Å²) >= 11 is 0. The number of ketones is 1. The molecular formula is C21H23FN3O3+. The molecule has 1 fully saturated rings. The average Bonchev–Trinajstić information content (AvgIpc) is 2.93. The van der Waals surface area contributed by atoms with Crippen molar-refractivity contribution in [3.8, 4) is 0 Å². The number of carbonyl (C=O) groups excluding carboxylic acids is 2. The molecule has 0 saturated carbocycles. The second kappa shape index (κ2) is 8.31. The van der Waals surface area contributed by atoms with Crippen LogP contribution in [0, 0.1) is 5.82 Å². The van der Waals surface area contributed by atoms with Crippen LogP contribution in [0.1, 0.15) is 23.6 Å². The summed E-state index contributed by atoms with van der Waals surface area (Å²) in [7, 11) is 4.03. The van der Waals surface area contributed by atoms with Crippen molar-refractivity contribution < 1.29 is 24.0 Å². The predicted octanol–water partition coefficient (Wildman–Crippen LogP) is 1.18. The van der Waals surface area contributed by atoms with Crippen LogP contribution in [0.4, 0.5) is 4.39 Å². The largest absolute Gasteiger partial charge is 0.507 e. The number of pyridine rings is 1. The van der Waals surface area contributed by atoms with Crippen LogP contribution in [-0.2, 0) is 9.59 Å². The first kappa shape index (κ1) is 19.7. The number of aliphatic hydroxyl groups is 1. The van der Waals surface area contributed by atoms with Crippen molar-refractivity contribution in [2.75, 3.05) is 27.2 Å². The van der Waals surface area contributed by atoms with Gasteiger partial charge in [0.2, 0.25) is 0 Å². The minimum absolute atomic E-state index is 0.00167. The fourth-order valence-electron chi connectivity index (χ4n) is 3.36. The minimum Gasteiger partial charge on any atom is -0.507 e. The number of aliphatic hydroxyl groups excluding tert-OH is 1. The third-order valence-electron chi connectivity index (χ3n) is 4.73. The average molecular weight is 384 g/mol. The lowest BCUT2D eigenvalue weighted by molar-refractivity contribution is -0.858. The van der Waals surface area contributed by atoms with Crippen LogP contribution in [0.2, 0.25) is 0 Å². The lowest BCUT2D eigenvalue weighted by Gasteiger charge is -2.25. The second-order valence-electron chi connectivity index (χ2n) is 7.10. The maximum atomic E-state index is 13.2. The Morgan fingerprint density at radius 2 is 1.93 bits per heavy atom. The molecule has 28 heavy (non-hydrogen) atoms. The summed E-state index contributed by atoms with van der Waals surface area (Å²) in [4.78, 5) is 32.3. The summed E-state index contributed by atoms with van der Waals surface area (Å²) in [6, 6.07) is 7.93. The third kappa shape index (κ3) is 3.94. The summed E-state index contributed by atoms with van der Waals surface area (Å²) in [5.41, 5.74) is 0.926. The van der Waals surface area contributed by atoms with Gasteiger partial charge in [0.25, 0.3) is 11.7 Å². The van der Waals surface area contributed by atoms with Gasteiger partial charge in [-0.1, -0.05) is 6.07 Å². The number of hydrogen-bond acceptors (Lipinski definition) is 4. The quantitative estimate of drug-likeness (QED) is 0.446. The van der Waals surface area contributed by atoms with Crippen LogP contribution in [-0.4, -0.2) is 53.9 Å². The van der Waals surface area contributed by atoms with Gasteiger partial charge in [0, 0.05) is 30.9 Å². The van der Waals surface area contributed by atoms with Crippen LogP contribution >= 0.6 is 0 Å². The molecule has 0 aliphatic carbocycles. The van der Waals surface area contributed by atoms with Gasteiger partial charge in [0.05, 0.1) is 32.3 Å². The van der Waals surface area contributed by atoms with Crippen molar-refractivity contribution >= 4 is 17.4 Å². The third-order valence-corrected chi connectivity index (χ3v) is 4.73. The van der Waals surface area contributed by atoms with Crippen LogP contribution < -0.4 is 4.90 Å². The first-order valence-electron chi connectivity index (χ1n) is 9.13. The van der Waals surface area contributed by atoms with Crippen LogP contribution in [0.15, 0.2) is 54.4 Å². The standard InChI is InChI=1S/C21H22FN3O3/c1-24(2)11-4-12-25-18(15-5-3-10-23-13-15)17(20(27)21(25)28)19(26)14-6-8-16(22)9-7-14/h3,5-10,13,18,26H,4,11-12H2,1-2H3/p+1. The summed E-state index contributed by atoms with van der Waals surface area (Å²) in [5.74, 6) is -2.15. The molecule has 0 bridgehead atoms. The molecule has 1 unspecified atom stereocenters. The van der Waals surface area contributed by atoms with Crippen LogP contribution in [0.3, 0.4) is 0 Å². The molecule has 2 aromatic rings. The fourth-order valence-corrected chi connectivity index (χ4v) is 3.36. The van der Waals surface area contributed by atoms with Crippen molar-refractivity contribution in [1.29, 1.82) is 0 Å². The number of nitrogens with zero attached hydrogens (tertiary/aromatic N) is 2. The topological polar surface area (TPSA) is 74.9 Å². The molecule has 1 aromatic heterocycles. The molecule has 1 aliphatic rings. The van der Waals surface area contributed by atoms with Crippen molar-refractivity contribution in [3.63, 3.8) is 0 Å². The van der Waals surface area contributed by atoms with E-state index in [0.29, 0.717) is 18.5 Å². The van der Waals surface area contributed by atoms with E-state index in [9.17, 15) is 19.1 Å². The normalized spacial score (nSPS) is 18.9. The van der Waals surface area contributed by atoms with Gasteiger partial charge in [0.1, 0.15) is 11.6 Å². The zero-order chi connectivity index (χ0) is 20.3. The number of Topliss-reactive ketones (excluding diaryl/α,β-unsaturated/α-hetero) is 1. The maximum absolute atomic E-state index is 13.2. The Labute approximate surface area is 162 Å². The Balaban J connectivity index is 2.06. The molecule has 1 aliphatic heterocycles. The zero-order valence-corrected chi connectivity index (χ0v) is 15.9. The summed E-state index contributed by atoms with van der Waals surface area (Å²) in [6.45, 7) is 1.22. The van der Waals surface area contributed by atoms with Crippen molar-refractivity contribution in [1.82, 2.24) is 9.88 Å². The van der Waals surface area contributed by atoms with E-state index in [0.717, 1.165) is 6.54 Å². The van der Waals surface area contributed by atoms with Crippen LogP contribution in [0.5, 0.6) is 0 Å². The number of quaternary nitrogens is 1. The number of rotatable bonds is 6. The Bertz CT molecular complexity index is 895. The number of halogens is 1. The lowest BCUT2D eigenvalue weighted by Crippen LogP contribution is -3.05. The lowest BCUT2D eigenvalue weighted by atomic mass is 9.96. The highest BCUT2D eigenvalue weighted by molar-refractivity contribution is 6.46. The van der Waals surface area contributed by atoms with E-state index in [-0.39, 0.29) is 16.9 Å². The molecule has 1 atom stereocenters. The van der Waals surface area contributed by atoms with E-state index in [1.165, 1.54) is 34.1 Å². The molecule has 2 N–H and O–H groups in total. The van der Waals surface area contributed by atoms with Crippen molar-refractivity contribution in [3.05, 3.63) is 71.3 Å². The fraction of sp³-hybridized carbons (Fsp3) is 0.286. The SMILES string of the molecule is C[NH+](C)CCCN1C(=O)C(=O)C(=C(O)c2ccc(F)cc2)C1c1cccnc1. The summed E-state index contributed by atoms with van der Waals surface area (Å²) in [6.07, 6.45) is 3.90. The summed E-state index contributed by atoms with van der Waals surface area (Å²) in [5, 5.41) is 10.8. The molecule has 1 aromatic carbocycles. The molecule has 0 radical (unpaired) electrons. The molecule has 7 heteroatoms. The van der Waals surface area contributed by atoms with Gasteiger partial charge in [0.15, 0.2) is 0 Å².